The lowest BCUT2D eigenvalue weighted by atomic mass is 10.1. The third kappa shape index (κ3) is 5.78. The lowest BCUT2D eigenvalue weighted by Crippen LogP contribution is -2.58. The van der Waals surface area contributed by atoms with Crippen LogP contribution in [0.3, 0.4) is 0 Å². The standard InChI is InChI=1S/C20H21F6N5O3/c1-11-10-31(12(2)9-30(11)17-28-7-14(8-29-17)19(21,22)23)18(33)34-4-3-13-5-15(20(24,25)26)16(32)27-6-13/h5-8,11-12H,3-4,9-10H2,1-2H3,(H,27,32)/t11-,12-/m0/s1. The van der Waals surface area contributed by atoms with Crippen molar-refractivity contribution in [2.45, 2.75) is 44.7 Å². The van der Waals surface area contributed by atoms with E-state index in [1.807, 2.05) is 4.98 Å². The minimum Gasteiger partial charge on any atom is -0.449 e. The van der Waals surface area contributed by atoms with Crippen molar-refractivity contribution < 1.29 is 35.9 Å². The van der Waals surface area contributed by atoms with E-state index in [1.54, 1.807) is 18.7 Å². The van der Waals surface area contributed by atoms with Crippen LogP contribution in [-0.2, 0) is 23.5 Å². The minimum atomic E-state index is -4.80. The number of aromatic nitrogens is 3. The first-order chi connectivity index (χ1) is 15.8. The van der Waals surface area contributed by atoms with Gasteiger partial charge in [-0.3, -0.25) is 4.79 Å². The molecule has 0 spiro atoms. The smallest absolute Gasteiger partial charge is 0.421 e. The van der Waals surface area contributed by atoms with Crippen molar-refractivity contribution in [2.24, 2.45) is 0 Å². The minimum absolute atomic E-state index is 0.0467. The summed E-state index contributed by atoms with van der Waals surface area (Å²) in [6.07, 6.45) is -7.57. The van der Waals surface area contributed by atoms with Gasteiger partial charge in [0, 0.05) is 50.2 Å². The molecule has 8 nitrogen and oxygen atoms in total. The van der Waals surface area contributed by atoms with Gasteiger partial charge >= 0.3 is 18.4 Å². The molecule has 0 unspecified atom stereocenters. The Morgan fingerprint density at radius 1 is 1.09 bits per heavy atom. The summed E-state index contributed by atoms with van der Waals surface area (Å²) in [6.45, 7) is 3.64. The number of halogens is 6. The van der Waals surface area contributed by atoms with Crippen LogP contribution in [0.2, 0.25) is 0 Å². The van der Waals surface area contributed by atoms with Crippen LogP contribution in [0.1, 0.15) is 30.5 Å². The Morgan fingerprint density at radius 3 is 2.32 bits per heavy atom. The Bertz CT molecular complexity index is 1070. The van der Waals surface area contributed by atoms with Gasteiger partial charge in [0.2, 0.25) is 5.95 Å². The number of ether oxygens (including phenoxy) is 1. The van der Waals surface area contributed by atoms with E-state index in [0.29, 0.717) is 18.5 Å². The number of anilines is 1. The molecule has 1 aliphatic rings. The highest BCUT2D eigenvalue weighted by atomic mass is 19.4. The molecule has 1 saturated heterocycles. The lowest BCUT2D eigenvalue weighted by molar-refractivity contribution is -0.139. The van der Waals surface area contributed by atoms with Crippen molar-refractivity contribution in [3.8, 4) is 0 Å². The van der Waals surface area contributed by atoms with Gasteiger partial charge in [-0.25, -0.2) is 14.8 Å². The number of piperazine rings is 1. The number of aromatic amines is 1. The summed E-state index contributed by atoms with van der Waals surface area (Å²) in [6, 6.07) is -0.0336. The number of nitrogens with zero attached hydrogens (tertiary/aromatic N) is 4. The van der Waals surface area contributed by atoms with Crippen molar-refractivity contribution in [3.05, 3.63) is 51.7 Å². The molecule has 1 amide bonds. The molecule has 3 rings (SSSR count). The summed E-state index contributed by atoms with van der Waals surface area (Å²) in [7, 11) is 0. The van der Waals surface area contributed by atoms with E-state index in [2.05, 4.69) is 9.97 Å². The van der Waals surface area contributed by atoms with E-state index in [-0.39, 0.29) is 43.7 Å². The van der Waals surface area contributed by atoms with Crippen LogP contribution in [0, 0.1) is 0 Å². The SMILES string of the molecule is C[C@H]1CN(c2ncc(C(F)(F)F)cn2)[C@@H](C)CN1C(=O)OCCc1c[nH]c(=O)c(C(F)(F)F)c1. The molecule has 186 valence electrons. The van der Waals surface area contributed by atoms with Crippen LogP contribution >= 0.6 is 0 Å². The van der Waals surface area contributed by atoms with E-state index in [4.69, 9.17) is 4.74 Å². The second-order valence-electron chi connectivity index (χ2n) is 7.89. The molecule has 0 bridgehead atoms. The van der Waals surface area contributed by atoms with Crippen molar-refractivity contribution >= 4 is 12.0 Å². The number of hydrogen-bond acceptors (Lipinski definition) is 6. The maximum absolute atomic E-state index is 12.9. The third-order valence-electron chi connectivity index (χ3n) is 5.33. The predicted molar refractivity (Wildman–Crippen MR) is 107 cm³/mol. The highest BCUT2D eigenvalue weighted by molar-refractivity contribution is 5.68. The van der Waals surface area contributed by atoms with Crippen LogP contribution in [0.4, 0.5) is 37.1 Å². The molecular weight excluding hydrogens is 472 g/mol. The molecule has 1 fully saturated rings. The van der Waals surface area contributed by atoms with Crippen LogP contribution in [-0.4, -0.2) is 57.7 Å². The Morgan fingerprint density at radius 2 is 1.74 bits per heavy atom. The van der Waals surface area contributed by atoms with Gasteiger partial charge in [0.25, 0.3) is 5.56 Å². The fourth-order valence-electron chi connectivity index (χ4n) is 3.50. The Balaban J connectivity index is 1.58. The summed E-state index contributed by atoms with van der Waals surface area (Å²) in [5.74, 6) is 0.0962. The second kappa shape index (κ2) is 9.50. The maximum Gasteiger partial charge on any atom is 0.421 e. The number of rotatable bonds is 4. The first-order valence-corrected chi connectivity index (χ1v) is 10.2. The van der Waals surface area contributed by atoms with E-state index < -0.39 is 41.2 Å². The molecule has 3 heterocycles. The molecule has 2 aromatic rings. The van der Waals surface area contributed by atoms with Gasteiger partial charge in [-0.2, -0.15) is 26.3 Å². The number of hydrogen-bond donors (Lipinski definition) is 1. The Labute approximate surface area is 189 Å². The van der Waals surface area contributed by atoms with Gasteiger partial charge in [-0.1, -0.05) is 0 Å². The first kappa shape index (κ1) is 25.3. The van der Waals surface area contributed by atoms with Crippen LogP contribution in [0.15, 0.2) is 29.5 Å². The second-order valence-corrected chi connectivity index (χ2v) is 7.89. The van der Waals surface area contributed by atoms with Crippen LogP contribution < -0.4 is 10.5 Å². The van der Waals surface area contributed by atoms with E-state index in [1.165, 1.54) is 4.90 Å². The fourth-order valence-corrected chi connectivity index (χ4v) is 3.50. The molecule has 34 heavy (non-hydrogen) atoms. The van der Waals surface area contributed by atoms with Crippen molar-refractivity contribution in [1.82, 2.24) is 19.9 Å². The van der Waals surface area contributed by atoms with Gasteiger partial charge in [-0.15, -0.1) is 0 Å². The molecule has 2 aromatic heterocycles. The normalized spacial score (nSPS) is 19.3. The number of pyridine rings is 1. The number of carbonyl (C=O) groups is 1. The quantitative estimate of drug-likeness (QED) is 0.656. The van der Waals surface area contributed by atoms with Gasteiger partial charge in [0.1, 0.15) is 5.56 Å². The average Bonchev–Trinajstić information content (AvgIpc) is 2.74. The van der Waals surface area contributed by atoms with Crippen molar-refractivity contribution in [1.29, 1.82) is 0 Å². The van der Waals surface area contributed by atoms with E-state index >= 15 is 0 Å². The zero-order chi connectivity index (χ0) is 25.3. The summed E-state index contributed by atoms with van der Waals surface area (Å²) in [5.41, 5.74) is -3.42. The Kier molecular flexibility index (Phi) is 7.07. The highest BCUT2D eigenvalue weighted by Gasteiger charge is 2.36. The number of carbonyl (C=O) groups excluding carboxylic acids is 1. The molecule has 1 aliphatic heterocycles. The van der Waals surface area contributed by atoms with Gasteiger partial charge in [0.05, 0.1) is 12.2 Å². The van der Waals surface area contributed by atoms with Crippen molar-refractivity contribution in [3.63, 3.8) is 0 Å². The Hall–Kier alpha value is -3.32. The maximum atomic E-state index is 12.9. The molecule has 2 atom stereocenters. The number of alkyl halides is 6. The average molecular weight is 493 g/mol. The van der Waals surface area contributed by atoms with Crippen LogP contribution in [0.5, 0.6) is 0 Å². The third-order valence-corrected chi connectivity index (χ3v) is 5.33. The van der Waals surface area contributed by atoms with Gasteiger partial charge < -0.3 is 19.5 Å². The molecule has 0 radical (unpaired) electrons. The molecule has 0 aromatic carbocycles. The molecule has 14 heteroatoms. The zero-order valence-electron chi connectivity index (χ0n) is 18.1. The summed E-state index contributed by atoms with van der Waals surface area (Å²) >= 11 is 0. The number of H-pyrrole nitrogens is 1. The largest absolute Gasteiger partial charge is 0.449 e. The zero-order valence-corrected chi connectivity index (χ0v) is 18.1. The summed E-state index contributed by atoms with van der Waals surface area (Å²) in [4.78, 5) is 36.5. The monoisotopic (exact) mass is 493 g/mol. The van der Waals surface area contributed by atoms with Crippen molar-refractivity contribution in [2.75, 3.05) is 24.6 Å². The van der Waals surface area contributed by atoms with Crippen LogP contribution in [0.25, 0.3) is 0 Å². The number of amides is 1. The number of nitrogens with one attached hydrogen (secondary N) is 1. The van der Waals surface area contributed by atoms with Gasteiger partial charge in [0.15, 0.2) is 0 Å². The predicted octanol–water partition coefficient (Wildman–Crippen LogP) is 3.48. The molecular formula is C20H21F6N5O3. The van der Waals surface area contributed by atoms with Gasteiger partial charge in [-0.05, 0) is 25.5 Å². The highest BCUT2D eigenvalue weighted by Crippen LogP contribution is 2.29. The van der Waals surface area contributed by atoms with E-state index in [0.717, 1.165) is 6.20 Å². The molecule has 0 saturated carbocycles. The van der Waals surface area contributed by atoms with E-state index in [9.17, 15) is 35.9 Å². The lowest BCUT2D eigenvalue weighted by Gasteiger charge is -2.43. The summed E-state index contributed by atoms with van der Waals surface area (Å²) in [5, 5.41) is 0. The first-order valence-electron chi connectivity index (χ1n) is 10.2. The molecule has 0 aliphatic carbocycles. The molecule has 1 N–H and O–H groups in total. The summed E-state index contributed by atoms with van der Waals surface area (Å²) < 4.78 is 81.9. The fraction of sp³-hybridized carbons (Fsp3) is 0.500. The topological polar surface area (TPSA) is 91.4 Å².